The second-order valence-electron chi connectivity index (χ2n) is 5.72. The van der Waals surface area contributed by atoms with Crippen molar-refractivity contribution in [1.29, 1.82) is 0 Å². The summed E-state index contributed by atoms with van der Waals surface area (Å²) in [5.41, 5.74) is 4.41. The molecule has 1 N–H and O–H groups in total. The van der Waals surface area contributed by atoms with Gasteiger partial charge in [0.25, 0.3) is 5.56 Å². The first-order valence-corrected chi connectivity index (χ1v) is 7.98. The molecule has 0 spiro atoms. The molecule has 0 saturated heterocycles. The highest BCUT2D eigenvalue weighted by atomic mass is 16.1. The largest absolute Gasteiger partial charge is 0.322 e. The van der Waals surface area contributed by atoms with E-state index in [1.165, 1.54) is 12.0 Å². The Labute approximate surface area is 131 Å². The number of hydrogen-bond donors (Lipinski definition) is 1. The van der Waals surface area contributed by atoms with Crippen LogP contribution >= 0.6 is 0 Å². The molecule has 0 bridgehead atoms. The molecule has 0 saturated carbocycles. The van der Waals surface area contributed by atoms with E-state index >= 15 is 0 Å². The molecule has 1 heterocycles. The molecule has 1 aliphatic carbocycles. The molecule has 0 aromatic heterocycles. The second kappa shape index (κ2) is 7.08. The first-order chi connectivity index (χ1) is 10.8. The minimum Gasteiger partial charge on any atom is -0.322 e. The molecule has 0 unspecified atom stereocenters. The number of benzene rings is 1. The van der Waals surface area contributed by atoms with E-state index in [4.69, 9.17) is 0 Å². The predicted octanol–water partition coefficient (Wildman–Crippen LogP) is 4.44. The Hall–Kier alpha value is -2.35. The summed E-state index contributed by atoms with van der Waals surface area (Å²) in [5, 5.41) is 0. The summed E-state index contributed by atoms with van der Waals surface area (Å²) in [7, 11) is 0. The standard InChI is InChI=1S/C20H21NO/c22-20-18(17-13-7-3-9-15-19(17)21-20)14-8-2-6-12-16-10-4-1-5-11-16/h1,3-5,7,9-11,13,15H,2,6,8,12,14H2,(H,21,22). The average molecular weight is 291 g/mol. The summed E-state index contributed by atoms with van der Waals surface area (Å²) in [6.45, 7) is 0. The van der Waals surface area contributed by atoms with E-state index < -0.39 is 0 Å². The topological polar surface area (TPSA) is 32.9 Å². The van der Waals surface area contributed by atoms with Crippen LogP contribution in [0.25, 0.3) is 11.3 Å². The predicted molar refractivity (Wildman–Crippen MR) is 91.4 cm³/mol. The van der Waals surface area contributed by atoms with Gasteiger partial charge < -0.3 is 4.98 Å². The normalized spacial score (nSPS) is 10.9. The highest BCUT2D eigenvalue weighted by Gasteiger charge is 2.12. The van der Waals surface area contributed by atoms with E-state index in [-0.39, 0.29) is 5.56 Å². The lowest BCUT2D eigenvalue weighted by Gasteiger charge is -2.02. The Balaban J connectivity index is 1.55. The number of aromatic amines is 1. The summed E-state index contributed by atoms with van der Waals surface area (Å²) in [6.07, 6.45) is 5.37. The smallest absolute Gasteiger partial charge is 0.252 e. The van der Waals surface area contributed by atoms with Gasteiger partial charge >= 0.3 is 0 Å². The molecule has 0 fully saturated rings. The molecule has 0 atom stereocenters. The van der Waals surface area contributed by atoms with E-state index in [0.717, 1.165) is 42.5 Å². The number of H-pyrrole nitrogens is 1. The average Bonchev–Trinajstić information content (AvgIpc) is 2.71. The summed E-state index contributed by atoms with van der Waals surface area (Å²) in [5.74, 6) is 0. The summed E-state index contributed by atoms with van der Waals surface area (Å²) < 4.78 is 0. The maximum atomic E-state index is 12.1. The van der Waals surface area contributed by atoms with Crippen molar-refractivity contribution in [2.24, 2.45) is 0 Å². The van der Waals surface area contributed by atoms with Crippen LogP contribution < -0.4 is 5.56 Å². The van der Waals surface area contributed by atoms with Gasteiger partial charge in [-0.3, -0.25) is 4.79 Å². The quantitative estimate of drug-likeness (QED) is 0.669. The molecule has 2 heteroatoms. The van der Waals surface area contributed by atoms with Gasteiger partial charge in [-0.1, -0.05) is 61.0 Å². The minimum atomic E-state index is 0.0734. The van der Waals surface area contributed by atoms with Crippen LogP contribution in [0.4, 0.5) is 0 Å². The van der Waals surface area contributed by atoms with Crippen LogP contribution in [-0.2, 0) is 12.8 Å². The Morgan fingerprint density at radius 2 is 1.41 bits per heavy atom. The number of hydrogen-bond acceptors (Lipinski definition) is 1. The van der Waals surface area contributed by atoms with Gasteiger partial charge in [0.1, 0.15) is 0 Å². The monoisotopic (exact) mass is 291 g/mol. The van der Waals surface area contributed by atoms with Crippen molar-refractivity contribution in [2.45, 2.75) is 32.1 Å². The maximum Gasteiger partial charge on any atom is 0.252 e. The molecule has 1 aliphatic heterocycles. The van der Waals surface area contributed by atoms with Gasteiger partial charge in [-0.15, -0.1) is 0 Å². The Kier molecular flexibility index (Phi) is 4.69. The van der Waals surface area contributed by atoms with Crippen molar-refractivity contribution in [3.8, 4) is 11.3 Å². The van der Waals surface area contributed by atoms with E-state index in [9.17, 15) is 4.79 Å². The molecule has 0 radical (unpaired) electrons. The molecule has 1 aromatic carbocycles. The highest BCUT2D eigenvalue weighted by molar-refractivity contribution is 5.65. The van der Waals surface area contributed by atoms with Crippen molar-refractivity contribution >= 4 is 0 Å². The van der Waals surface area contributed by atoms with Gasteiger partial charge in [0.05, 0.1) is 0 Å². The number of nitrogens with one attached hydrogen (secondary N) is 1. The lowest BCUT2D eigenvalue weighted by molar-refractivity contribution is 0.678. The van der Waals surface area contributed by atoms with Crippen LogP contribution in [0.15, 0.2) is 65.5 Å². The van der Waals surface area contributed by atoms with Gasteiger partial charge in [0.15, 0.2) is 0 Å². The highest BCUT2D eigenvalue weighted by Crippen LogP contribution is 2.22. The summed E-state index contributed by atoms with van der Waals surface area (Å²) in [4.78, 5) is 15.0. The summed E-state index contributed by atoms with van der Waals surface area (Å²) >= 11 is 0. The second-order valence-corrected chi connectivity index (χ2v) is 5.72. The minimum absolute atomic E-state index is 0.0734. The Bertz CT molecular complexity index is 745. The zero-order valence-corrected chi connectivity index (χ0v) is 12.7. The van der Waals surface area contributed by atoms with Crippen LogP contribution in [0, 0.1) is 0 Å². The number of aryl methyl sites for hydroxylation is 1. The number of unbranched alkanes of at least 4 members (excludes halogenated alkanes) is 2. The first-order valence-electron chi connectivity index (χ1n) is 7.98. The van der Waals surface area contributed by atoms with Crippen molar-refractivity contribution in [2.75, 3.05) is 0 Å². The fraction of sp³-hybridized carbons (Fsp3) is 0.250. The van der Waals surface area contributed by atoms with Gasteiger partial charge in [-0.25, -0.2) is 0 Å². The molecule has 22 heavy (non-hydrogen) atoms. The van der Waals surface area contributed by atoms with E-state index in [1.807, 2.05) is 30.3 Å². The zero-order chi connectivity index (χ0) is 15.2. The third kappa shape index (κ3) is 3.45. The molecule has 112 valence electrons. The first kappa shape index (κ1) is 14.6. The molecule has 1 aromatic rings. The molecule has 2 nitrogen and oxygen atoms in total. The third-order valence-electron chi connectivity index (χ3n) is 4.12. The van der Waals surface area contributed by atoms with Crippen LogP contribution in [-0.4, -0.2) is 4.98 Å². The van der Waals surface area contributed by atoms with E-state index in [0.29, 0.717) is 0 Å². The van der Waals surface area contributed by atoms with Gasteiger partial charge in [0, 0.05) is 16.8 Å². The van der Waals surface area contributed by atoms with Crippen molar-refractivity contribution in [3.05, 3.63) is 82.1 Å². The van der Waals surface area contributed by atoms with Crippen LogP contribution in [0.2, 0.25) is 0 Å². The number of aromatic nitrogens is 1. The molecule has 2 aliphatic rings. The molecular formula is C20H21NO. The molecule has 3 rings (SSSR count). The fourth-order valence-electron chi connectivity index (χ4n) is 2.94. The van der Waals surface area contributed by atoms with Gasteiger partial charge in [0.2, 0.25) is 0 Å². The number of fused-ring (bicyclic) bond motifs is 1. The third-order valence-corrected chi connectivity index (χ3v) is 4.12. The van der Waals surface area contributed by atoms with Crippen molar-refractivity contribution in [3.63, 3.8) is 0 Å². The lowest BCUT2D eigenvalue weighted by atomic mass is 10.0. The van der Waals surface area contributed by atoms with Crippen LogP contribution in [0.1, 0.15) is 30.4 Å². The lowest BCUT2D eigenvalue weighted by Crippen LogP contribution is -2.05. The molecule has 0 amide bonds. The van der Waals surface area contributed by atoms with Crippen molar-refractivity contribution in [1.82, 2.24) is 4.98 Å². The SMILES string of the molecule is O=c1[nH]c2cccccc-2c1CCCCCc1ccccc1. The van der Waals surface area contributed by atoms with Gasteiger partial charge in [-0.2, -0.15) is 0 Å². The zero-order valence-electron chi connectivity index (χ0n) is 12.7. The van der Waals surface area contributed by atoms with Crippen LogP contribution in [0.3, 0.4) is 0 Å². The van der Waals surface area contributed by atoms with Gasteiger partial charge in [-0.05, 0) is 37.3 Å². The molecular weight excluding hydrogens is 270 g/mol. The fourth-order valence-corrected chi connectivity index (χ4v) is 2.94. The number of rotatable bonds is 6. The maximum absolute atomic E-state index is 12.1. The van der Waals surface area contributed by atoms with Crippen molar-refractivity contribution < 1.29 is 0 Å². The Morgan fingerprint density at radius 3 is 2.23 bits per heavy atom. The van der Waals surface area contributed by atoms with E-state index in [1.54, 1.807) is 0 Å². The Morgan fingerprint density at radius 1 is 0.727 bits per heavy atom. The van der Waals surface area contributed by atoms with Crippen LogP contribution in [0.5, 0.6) is 0 Å². The van der Waals surface area contributed by atoms with E-state index in [2.05, 4.69) is 35.3 Å². The summed E-state index contributed by atoms with van der Waals surface area (Å²) in [6, 6.07) is 20.5.